The van der Waals surface area contributed by atoms with Crippen molar-refractivity contribution in [1.29, 1.82) is 0 Å². The third-order valence-electron chi connectivity index (χ3n) is 4.27. The van der Waals surface area contributed by atoms with Gasteiger partial charge < -0.3 is 5.73 Å². The Labute approximate surface area is 109 Å². The molecule has 0 bridgehead atoms. The molecule has 0 spiro atoms. The maximum absolute atomic E-state index is 6.09. The Balaban J connectivity index is 2.08. The highest BCUT2D eigenvalue weighted by Gasteiger charge is 2.35. The van der Waals surface area contributed by atoms with E-state index in [1.165, 1.54) is 42.8 Å². The number of hydrogen-bond acceptors (Lipinski definition) is 3. The van der Waals surface area contributed by atoms with Crippen molar-refractivity contribution in [2.75, 3.05) is 6.54 Å². The van der Waals surface area contributed by atoms with Crippen molar-refractivity contribution in [3.63, 3.8) is 0 Å². The Bertz CT molecular complexity index is 361. The molecule has 0 radical (unpaired) electrons. The number of nitrogens with zero attached hydrogens (tertiary/aromatic N) is 1. The van der Waals surface area contributed by atoms with Crippen molar-refractivity contribution >= 4 is 11.3 Å². The third-order valence-corrected chi connectivity index (χ3v) is 5.10. The number of thiazole rings is 1. The molecule has 3 heteroatoms. The molecule has 1 aromatic rings. The average Bonchev–Trinajstić information content (AvgIpc) is 2.75. The molecule has 2 atom stereocenters. The van der Waals surface area contributed by atoms with Gasteiger partial charge in [0.25, 0.3) is 0 Å². The topological polar surface area (TPSA) is 38.9 Å². The summed E-state index contributed by atoms with van der Waals surface area (Å²) in [7, 11) is 0. The van der Waals surface area contributed by atoms with Crippen LogP contribution in [0.5, 0.6) is 0 Å². The number of aryl methyl sites for hydroxylation is 1. The molecule has 0 amide bonds. The minimum Gasteiger partial charge on any atom is -0.330 e. The van der Waals surface area contributed by atoms with Gasteiger partial charge in [-0.05, 0) is 44.1 Å². The van der Waals surface area contributed by atoms with Gasteiger partial charge in [0, 0.05) is 5.38 Å². The van der Waals surface area contributed by atoms with Gasteiger partial charge in [-0.15, -0.1) is 11.3 Å². The summed E-state index contributed by atoms with van der Waals surface area (Å²) in [4.78, 5) is 4.61. The van der Waals surface area contributed by atoms with Gasteiger partial charge in [0.2, 0.25) is 0 Å². The summed E-state index contributed by atoms with van der Waals surface area (Å²) in [6.07, 6.45) is 7.72. The second kappa shape index (κ2) is 5.49. The van der Waals surface area contributed by atoms with Crippen LogP contribution in [-0.2, 0) is 6.42 Å². The third kappa shape index (κ3) is 3.08. The first kappa shape index (κ1) is 13.0. The fraction of sp³-hybridized carbons (Fsp3) is 0.786. The average molecular weight is 252 g/mol. The summed E-state index contributed by atoms with van der Waals surface area (Å²) in [5.41, 5.74) is 7.68. The van der Waals surface area contributed by atoms with E-state index in [0.29, 0.717) is 5.41 Å². The summed E-state index contributed by atoms with van der Waals surface area (Å²) < 4.78 is 0. The van der Waals surface area contributed by atoms with Crippen LogP contribution in [0.3, 0.4) is 0 Å². The second-order valence-corrected chi connectivity index (χ2v) is 6.67. The quantitative estimate of drug-likeness (QED) is 0.890. The molecule has 2 N–H and O–H groups in total. The summed E-state index contributed by atoms with van der Waals surface area (Å²) in [5.74, 6) is 0.882. The smallest absolute Gasteiger partial charge is 0.0897 e. The standard InChI is InChI=1S/C14H24N2S/c1-3-12-5-4-6-14(7-12,10-15)8-13-9-17-11(2)16-13/h9,12H,3-8,10,15H2,1-2H3. The molecule has 0 aliphatic heterocycles. The molecular weight excluding hydrogens is 228 g/mol. The lowest BCUT2D eigenvalue weighted by Gasteiger charge is -2.40. The van der Waals surface area contributed by atoms with E-state index in [4.69, 9.17) is 5.73 Å². The Kier molecular flexibility index (Phi) is 4.21. The maximum atomic E-state index is 6.09. The SMILES string of the molecule is CCC1CCCC(CN)(Cc2csc(C)n2)C1. The van der Waals surface area contributed by atoms with E-state index in [-0.39, 0.29) is 0 Å². The Morgan fingerprint density at radius 1 is 1.59 bits per heavy atom. The fourth-order valence-corrected chi connectivity index (χ4v) is 3.84. The van der Waals surface area contributed by atoms with E-state index in [1.54, 1.807) is 11.3 Å². The highest BCUT2D eigenvalue weighted by molar-refractivity contribution is 7.09. The highest BCUT2D eigenvalue weighted by Crippen LogP contribution is 2.42. The first-order valence-corrected chi connectivity index (χ1v) is 7.66. The van der Waals surface area contributed by atoms with Crippen LogP contribution in [0, 0.1) is 18.3 Å². The van der Waals surface area contributed by atoms with E-state index in [9.17, 15) is 0 Å². The Morgan fingerprint density at radius 3 is 3.00 bits per heavy atom. The lowest BCUT2D eigenvalue weighted by molar-refractivity contribution is 0.141. The predicted molar refractivity (Wildman–Crippen MR) is 74.3 cm³/mol. The molecule has 96 valence electrons. The molecule has 17 heavy (non-hydrogen) atoms. The number of rotatable bonds is 4. The molecule has 1 aliphatic carbocycles. The van der Waals surface area contributed by atoms with Crippen LogP contribution in [0.2, 0.25) is 0 Å². The molecule has 1 saturated carbocycles. The van der Waals surface area contributed by atoms with Crippen molar-refractivity contribution in [3.8, 4) is 0 Å². The Morgan fingerprint density at radius 2 is 2.41 bits per heavy atom. The first-order chi connectivity index (χ1) is 8.17. The van der Waals surface area contributed by atoms with Crippen LogP contribution in [0.1, 0.15) is 49.7 Å². The van der Waals surface area contributed by atoms with Crippen LogP contribution < -0.4 is 5.73 Å². The molecule has 1 aromatic heterocycles. The van der Waals surface area contributed by atoms with E-state index in [2.05, 4.69) is 24.2 Å². The van der Waals surface area contributed by atoms with E-state index in [1.807, 2.05) is 0 Å². The van der Waals surface area contributed by atoms with Crippen molar-refractivity contribution < 1.29 is 0 Å². The minimum absolute atomic E-state index is 0.333. The predicted octanol–water partition coefficient (Wildman–Crippen LogP) is 3.54. The highest BCUT2D eigenvalue weighted by atomic mass is 32.1. The zero-order chi connectivity index (χ0) is 12.3. The van der Waals surface area contributed by atoms with Crippen molar-refractivity contribution in [1.82, 2.24) is 4.98 Å². The molecular formula is C14H24N2S. The van der Waals surface area contributed by atoms with Crippen LogP contribution in [0.25, 0.3) is 0 Å². The van der Waals surface area contributed by atoms with Gasteiger partial charge in [-0.1, -0.05) is 26.2 Å². The monoisotopic (exact) mass is 252 g/mol. The molecule has 0 aromatic carbocycles. The summed E-state index contributed by atoms with van der Waals surface area (Å²) in [5, 5.41) is 3.39. The van der Waals surface area contributed by atoms with Crippen molar-refractivity contribution in [3.05, 3.63) is 16.1 Å². The zero-order valence-electron chi connectivity index (χ0n) is 11.0. The van der Waals surface area contributed by atoms with Crippen molar-refractivity contribution in [2.45, 2.75) is 52.4 Å². The normalized spacial score (nSPS) is 29.5. The van der Waals surface area contributed by atoms with Crippen LogP contribution in [0.4, 0.5) is 0 Å². The zero-order valence-corrected chi connectivity index (χ0v) is 11.9. The fourth-order valence-electron chi connectivity index (χ4n) is 3.22. The molecule has 2 nitrogen and oxygen atoms in total. The van der Waals surface area contributed by atoms with Crippen LogP contribution >= 0.6 is 11.3 Å². The molecule has 1 heterocycles. The van der Waals surface area contributed by atoms with E-state index in [0.717, 1.165) is 18.9 Å². The number of nitrogens with two attached hydrogens (primary N) is 1. The van der Waals surface area contributed by atoms with Gasteiger partial charge in [0.15, 0.2) is 0 Å². The van der Waals surface area contributed by atoms with Crippen LogP contribution in [-0.4, -0.2) is 11.5 Å². The van der Waals surface area contributed by atoms with Gasteiger partial charge in [0.1, 0.15) is 0 Å². The van der Waals surface area contributed by atoms with Gasteiger partial charge in [-0.3, -0.25) is 0 Å². The summed E-state index contributed by atoms with van der Waals surface area (Å²) in [6.45, 7) is 5.21. The van der Waals surface area contributed by atoms with Gasteiger partial charge in [-0.25, -0.2) is 4.98 Å². The molecule has 2 rings (SSSR count). The molecule has 0 saturated heterocycles. The second-order valence-electron chi connectivity index (χ2n) is 5.61. The van der Waals surface area contributed by atoms with E-state index >= 15 is 0 Å². The van der Waals surface area contributed by atoms with Crippen molar-refractivity contribution in [2.24, 2.45) is 17.1 Å². The Hall–Kier alpha value is -0.410. The lowest BCUT2D eigenvalue weighted by atomic mass is 9.67. The molecule has 1 aliphatic rings. The van der Waals surface area contributed by atoms with Gasteiger partial charge in [0.05, 0.1) is 10.7 Å². The molecule has 2 unspecified atom stereocenters. The maximum Gasteiger partial charge on any atom is 0.0897 e. The minimum atomic E-state index is 0.333. The first-order valence-electron chi connectivity index (χ1n) is 6.78. The number of aromatic nitrogens is 1. The number of hydrogen-bond donors (Lipinski definition) is 1. The van der Waals surface area contributed by atoms with Crippen LogP contribution in [0.15, 0.2) is 5.38 Å². The summed E-state index contributed by atoms with van der Waals surface area (Å²) >= 11 is 1.76. The summed E-state index contributed by atoms with van der Waals surface area (Å²) in [6, 6.07) is 0. The largest absolute Gasteiger partial charge is 0.330 e. The van der Waals surface area contributed by atoms with Gasteiger partial charge in [-0.2, -0.15) is 0 Å². The lowest BCUT2D eigenvalue weighted by Crippen LogP contribution is -2.37. The van der Waals surface area contributed by atoms with E-state index < -0.39 is 0 Å². The van der Waals surface area contributed by atoms with Gasteiger partial charge >= 0.3 is 0 Å². The molecule has 1 fully saturated rings.